The van der Waals surface area contributed by atoms with Gasteiger partial charge in [-0.05, 0) is 46.2 Å². The molecule has 0 aromatic heterocycles. The van der Waals surface area contributed by atoms with Crippen molar-refractivity contribution in [3.63, 3.8) is 0 Å². The molecule has 2 aromatic rings. The van der Waals surface area contributed by atoms with Gasteiger partial charge in [-0.2, -0.15) is 5.10 Å². The summed E-state index contributed by atoms with van der Waals surface area (Å²) in [5, 5.41) is 14.9. The number of hydrogen-bond donors (Lipinski definition) is 2. The van der Waals surface area contributed by atoms with Crippen LogP contribution in [0.2, 0.25) is 0 Å². The van der Waals surface area contributed by atoms with Gasteiger partial charge in [0.25, 0.3) is 0 Å². The lowest BCUT2D eigenvalue weighted by Gasteiger charge is -2.27. The third-order valence-corrected chi connectivity index (χ3v) is 4.65. The van der Waals surface area contributed by atoms with Crippen LogP contribution in [0, 0.1) is 0 Å². The van der Waals surface area contributed by atoms with Crippen molar-refractivity contribution >= 4 is 12.1 Å². The Kier molecular flexibility index (Phi) is 6.73. The Hall–Kier alpha value is -2.82. The zero-order chi connectivity index (χ0) is 21.8. The zero-order valence-electron chi connectivity index (χ0n) is 18.5. The molecule has 0 heterocycles. The predicted octanol–water partition coefficient (Wildman–Crippen LogP) is 4.69. The number of phenols is 1. The van der Waals surface area contributed by atoms with Gasteiger partial charge >= 0.3 is 0 Å². The number of nitrogens with one attached hydrogen (secondary N) is 1. The van der Waals surface area contributed by atoms with Crippen molar-refractivity contribution in [2.75, 3.05) is 7.11 Å². The summed E-state index contributed by atoms with van der Waals surface area (Å²) in [5.41, 5.74) is 5.54. The topological polar surface area (TPSA) is 70.9 Å². The maximum absolute atomic E-state index is 12.2. The molecule has 0 saturated carbocycles. The summed E-state index contributed by atoms with van der Waals surface area (Å²) in [6.45, 7) is 12.4. The Labute approximate surface area is 173 Å². The van der Waals surface area contributed by atoms with Gasteiger partial charge in [-0.1, -0.05) is 53.7 Å². The van der Waals surface area contributed by atoms with Crippen molar-refractivity contribution in [2.24, 2.45) is 5.10 Å². The molecule has 0 aliphatic heterocycles. The first-order valence-electron chi connectivity index (χ1n) is 9.74. The van der Waals surface area contributed by atoms with Crippen LogP contribution in [0.25, 0.3) is 0 Å². The van der Waals surface area contributed by atoms with E-state index < -0.39 is 0 Å². The number of benzene rings is 2. The van der Waals surface area contributed by atoms with E-state index in [1.54, 1.807) is 13.3 Å². The van der Waals surface area contributed by atoms with Crippen LogP contribution in [0.3, 0.4) is 0 Å². The maximum Gasteiger partial charge on any atom is 0.244 e. The Balaban J connectivity index is 2.20. The molecule has 0 spiro atoms. The fourth-order valence-electron chi connectivity index (χ4n) is 3.06. The van der Waals surface area contributed by atoms with Crippen molar-refractivity contribution in [1.82, 2.24) is 5.43 Å². The summed E-state index contributed by atoms with van der Waals surface area (Å²) in [4.78, 5) is 12.2. The molecule has 2 rings (SSSR count). The number of nitrogens with zero attached hydrogens (tertiary/aromatic N) is 1. The van der Waals surface area contributed by atoms with Crippen LogP contribution in [0.5, 0.6) is 11.5 Å². The molecule has 5 heteroatoms. The van der Waals surface area contributed by atoms with E-state index in [0.29, 0.717) is 11.5 Å². The molecule has 29 heavy (non-hydrogen) atoms. The molecule has 0 fully saturated rings. The number of amides is 1. The van der Waals surface area contributed by atoms with Crippen molar-refractivity contribution < 1.29 is 14.6 Å². The lowest BCUT2D eigenvalue weighted by Crippen LogP contribution is -2.20. The fraction of sp³-hybridized carbons (Fsp3) is 0.417. The van der Waals surface area contributed by atoms with Gasteiger partial charge < -0.3 is 9.84 Å². The molecule has 2 aromatic carbocycles. The highest BCUT2D eigenvalue weighted by Gasteiger charge is 2.26. The molecular formula is C24H32N2O3. The summed E-state index contributed by atoms with van der Waals surface area (Å²) in [6.07, 6.45) is 1.83. The Bertz CT molecular complexity index is 868. The summed E-state index contributed by atoms with van der Waals surface area (Å²) in [6, 6.07) is 11.2. The van der Waals surface area contributed by atoms with E-state index >= 15 is 0 Å². The highest BCUT2D eigenvalue weighted by molar-refractivity contribution is 5.84. The number of carbonyl (C=O) groups excluding carboxylic acids is 1. The normalized spacial score (nSPS) is 12.2. The monoisotopic (exact) mass is 396 g/mol. The highest BCUT2D eigenvalue weighted by Crippen LogP contribution is 2.39. The minimum atomic E-state index is -0.219. The van der Waals surface area contributed by atoms with Gasteiger partial charge in [0.15, 0.2) is 0 Å². The number of methoxy groups -OCH3 is 1. The molecule has 0 unspecified atom stereocenters. The molecule has 1 amide bonds. The standard InChI is InChI=1S/C24H32N2O3/c1-23(2,3)19-12-17(13-20(22(19)28)24(4,5)6)15-25-26-21(27)14-16-9-8-10-18(11-16)29-7/h8-13,15,28H,14H2,1-7H3,(H,26,27)/b25-15+. The van der Waals surface area contributed by atoms with Crippen LogP contribution < -0.4 is 10.2 Å². The Morgan fingerprint density at radius 3 is 2.17 bits per heavy atom. The Morgan fingerprint density at radius 1 is 1.07 bits per heavy atom. The van der Waals surface area contributed by atoms with Crippen molar-refractivity contribution in [3.05, 3.63) is 58.7 Å². The highest BCUT2D eigenvalue weighted by atomic mass is 16.5. The largest absolute Gasteiger partial charge is 0.507 e. The molecule has 0 bridgehead atoms. The number of carbonyl (C=O) groups is 1. The SMILES string of the molecule is COc1cccc(CC(=O)N/N=C/c2cc(C(C)(C)C)c(O)c(C(C)(C)C)c2)c1. The summed E-state index contributed by atoms with van der Waals surface area (Å²) in [7, 11) is 1.60. The van der Waals surface area contributed by atoms with E-state index in [-0.39, 0.29) is 23.2 Å². The number of aromatic hydroxyl groups is 1. The maximum atomic E-state index is 12.2. The molecule has 5 nitrogen and oxygen atoms in total. The molecule has 0 radical (unpaired) electrons. The van der Waals surface area contributed by atoms with E-state index in [2.05, 4.69) is 52.1 Å². The molecule has 2 N–H and O–H groups in total. The molecular weight excluding hydrogens is 364 g/mol. The fourth-order valence-corrected chi connectivity index (χ4v) is 3.06. The van der Waals surface area contributed by atoms with Gasteiger partial charge in [-0.3, -0.25) is 4.79 Å². The third-order valence-electron chi connectivity index (χ3n) is 4.65. The second-order valence-corrected chi connectivity index (χ2v) is 9.29. The number of rotatable bonds is 5. The van der Waals surface area contributed by atoms with E-state index in [9.17, 15) is 9.90 Å². The molecule has 0 aliphatic carbocycles. The van der Waals surface area contributed by atoms with Gasteiger partial charge in [0.2, 0.25) is 5.91 Å². The lowest BCUT2D eigenvalue weighted by molar-refractivity contribution is -0.120. The average Bonchev–Trinajstić information content (AvgIpc) is 2.61. The molecule has 156 valence electrons. The number of hydrazone groups is 1. The summed E-state index contributed by atoms with van der Waals surface area (Å²) in [5.74, 6) is 0.830. The molecule has 0 atom stereocenters. The van der Waals surface area contributed by atoms with E-state index in [1.165, 1.54) is 0 Å². The van der Waals surface area contributed by atoms with Crippen LogP contribution in [0.15, 0.2) is 41.5 Å². The van der Waals surface area contributed by atoms with Gasteiger partial charge in [0.1, 0.15) is 11.5 Å². The smallest absolute Gasteiger partial charge is 0.244 e. The molecule has 0 aliphatic rings. The first kappa shape index (κ1) is 22.5. The average molecular weight is 397 g/mol. The van der Waals surface area contributed by atoms with Gasteiger partial charge in [-0.25, -0.2) is 5.43 Å². The number of phenolic OH excluding ortho intramolecular Hbond substituents is 1. The minimum absolute atomic E-state index is 0.208. The van der Waals surface area contributed by atoms with Crippen LogP contribution in [-0.2, 0) is 22.0 Å². The predicted molar refractivity (Wildman–Crippen MR) is 118 cm³/mol. The quantitative estimate of drug-likeness (QED) is 0.569. The van der Waals surface area contributed by atoms with Gasteiger partial charge in [0.05, 0.1) is 19.7 Å². The third kappa shape index (κ3) is 6.08. The number of hydrogen-bond acceptors (Lipinski definition) is 4. The van der Waals surface area contributed by atoms with Crippen LogP contribution >= 0.6 is 0 Å². The van der Waals surface area contributed by atoms with Gasteiger partial charge in [-0.15, -0.1) is 0 Å². The first-order valence-corrected chi connectivity index (χ1v) is 9.74. The van der Waals surface area contributed by atoms with Gasteiger partial charge in [0, 0.05) is 11.1 Å². The summed E-state index contributed by atoms with van der Waals surface area (Å²) >= 11 is 0. The van der Waals surface area contributed by atoms with Crippen molar-refractivity contribution in [3.8, 4) is 11.5 Å². The van der Waals surface area contributed by atoms with E-state index in [1.807, 2.05) is 36.4 Å². The summed E-state index contributed by atoms with van der Waals surface area (Å²) < 4.78 is 5.18. The van der Waals surface area contributed by atoms with E-state index in [4.69, 9.17) is 4.74 Å². The molecule has 0 saturated heterocycles. The zero-order valence-corrected chi connectivity index (χ0v) is 18.5. The van der Waals surface area contributed by atoms with Crippen LogP contribution in [0.4, 0.5) is 0 Å². The minimum Gasteiger partial charge on any atom is -0.507 e. The Morgan fingerprint density at radius 2 is 1.66 bits per heavy atom. The number of ether oxygens (including phenoxy) is 1. The van der Waals surface area contributed by atoms with Crippen LogP contribution in [0.1, 0.15) is 63.8 Å². The van der Waals surface area contributed by atoms with Crippen molar-refractivity contribution in [2.45, 2.75) is 58.8 Å². The lowest BCUT2D eigenvalue weighted by atomic mass is 9.78. The second kappa shape index (κ2) is 8.68. The van der Waals surface area contributed by atoms with E-state index in [0.717, 1.165) is 22.3 Å². The van der Waals surface area contributed by atoms with Crippen LogP contribution in [-0.4, -0.2) is 24.3 Å². The first-order chi connectivity index (χ1) is 13.4. The second-order valence-electron chi connectivity index (χ2n) is 9.29. The van der Waals surface area contributed by atoms with Crippen molar-refractivity contribution in [1.29, 1.82) is 0 Å².